The molecule has 2 rings (SSSR count). The summed E-state index contributed by atoms with van der Waals surface area (Å²) in [7, 11) is 1.68. The molecule has 0 aliphatic carbocycles. The van der Waals surface area contributed by atoms with E-state index >= 15 is 0 Å². The largest absolute Gasteiger partial charge is 0.497 e. The molecule has 3 N–H and O–H groups in total. The van der Waals surface area contributed by atoms with Gasteiger partial charge in [0.25, 0.3) is 0 Å². The lowest BCUT2D eigenvalue weighted by molar-refractivity contribution is 0.414. The van der Waals surface area contributed by atoms with Gasteiger partial charge in [-0.2, -0.15) is 0 Å². The van der Waals surface area contributed by atoms with Crippen LogP contribution in [0, 0.1) is 6.92 Å². The second-order valence-corrected chi connectivity index (χ2v) is 5.65. The van der Waals surface area contributed by atoms with Crippen molar-refractivity contribution < 1.29 is 4.74 Å². The van der Waals surface area contributed by atoms with Gasteiger partial charge in [-0.25, -0.2) is 0 Å². The zero-order valence-corrected chi connectivity index (χ0v) is 13.3. The number of nitrogens with two attached hydrogens (primary N) is 1. The SMILES string of the molecule is COc1cccc(CC(NN)c2cc(C)ccc2Br)c1. The predicted octanol–water partition coefficient (Wildman–Crippen LogP) is 3.51. The van der Waals surface area contributed by atoms with E-state index in [1.54, 1.807) is 7.11 Å². The molecule has 0 aromatic heterocycles. The fourth-order valence-corrected chi connectivity index (χ4v) is 2.75. The molecule has 0 amide bonds. The number of halogens is 1. The summed E-state index contributed by atoms with van der Waals surface area (Å²) in [5, 5.41) is 0. The Morgan fingerprint density at radius 2 is 2.05 bits per heavy atom. The molecule has 0 radical (unpaired) electrons. The maximum Gasteiger partial charge on any atom is 0.119 e. The Bertz CT molecular complexity index is 586. The topological polar surface area (TPSA) is 47.3 Å². The summed E-state index contributed by atoms with van der Waals surface area (Å²) in [6.45, 7) is 2.08. The molecule has 3 nitrogen and oxygen atoms in total. The third-order valence-corrected chi connectivity index (χ3v) is 4.02. The lowest BCUT2D eigenvalue weighted by Crippen LogP contribution is -2.30. The lowest BCUT2D eigenvalue weighted by Gasteiger charge is -2.19. The second kappa shape index (κ2) is 6.88. The standard InChI is InChI=1S/C16H19BrN2O/c1-11-6-7-15(17)14(8-11)16(19-18)10-12-4-3-5-13(9-12)20-2/h3-9,16,19H,10,18H2,1-2H3. The second-order valence-electron chi connectivity index (χ2n) is 4.80. The number of rotatable bonds is 5. The number of hydrazine groups is 1. The smallest absolute Gasteiger partial charge is 0.119 e. The Kier molecular flexibility index (Phi) is 5.17. The van der Waals surface area contributed by atoms with Gasteiger partial charge in [-0.1, -0.05) is 45.8 Å². The molecule has 4 heteroatoms. The Balaban J connectivity index is 2.26. The Morgan fingerprint density at radius 1 is 1.25 bits per heavy atom. The van der Waals surface area contributed by atoms with Crippen LogP contribution < -0.4 is 16.0 Å². The average molecular weight is 335 g/mol. The van der Waals surface area contributed by atoms with Gasteiger partial charge in [-0.05, 0) is 42.7 Å². The van der Waals surface area contributed by atoms with Crippen molar-refractivity contribution in [3.8, 4) is 5.75 Å². The number of ether oxygens (including phenoxy) is 1. The van der Waals surface area contributed by atoms with E-state index in [1.807, 2.05) is 18.2 Å². The normalized spacial score (nSPS) is 12.2. The minimum atomic E-state index is 0.0522. The predicted molar refractivity (Wildman–Crippen MR) is 85.6 cm³/mol. The molecule has 1 atom stereocenters. The number of hydrogen-bond donors (Lipinski definition) is 2. The van der Waals surface area contributed by atoms with E-state index in [-0.39, 0.29) is 6.04 Å². The zero-order valence-electron chi connectivity index (χ0n) is 11.7. The molecule has 0 aliphatic rings. The van der Waals surface area contributed by atoms with Crippen molar-refractivity contribution in [1.82, 2.24) is 5.43 Å². The first-order chi connectivity index (χ1) is 9.63. The van der Waals surface area contributed by atoms with Crippen molar-refractivity contribution in [1.29, 1.82) is 0 Å². The van der Waals surface area contributed by atoms with Gasteiger partial charge in [0.15, 0.2) is 0 Å². The van der Waals surface area contributed by atoms with Gasteiger partial charge >= 0.3 is 0 Å². The summed E-state index contributed by atoms with van der Waals surface area (Å²) in [4.78, 5) is 0. The third-order valence-electron chi connectivity index (χ3n) is 3.30. The number of hydrogen-bond acceptors (Lipinski definition) is 3. The Labute approximate surface area is 128 Å². The minimum absolute atomic E-state index is 0.0522. The molecule has 20 heavy (non-hydrogen) atoms. The van der Waals surface area contributed by atoms with Gasteiger partial charge < -0.3 is 4.74 Å². The van der Waals surface area contributed by atoms with Crippen LogP contribution in [0.3, 0.4) is 0 Å². The summed E-state index contributed by atoms with van der Waals surface area (Å²) in [6, 6.07) is 14.4. The van der Waals surface area contributed by atoms with Gasteiger partial charge in [0.1, 0.15) is 5.75 Å². The average Bonchev–Trinajstić information content (AvgIpc) is 2.47. The fraction of sp³-hybridized carbons (Fsp3) is 0.250. The van der Waals surface area contributed by atoms with Crippen LogP contribution in [-0.4, -0.2) is 7.11 Å². The molecule has 2 aromatic carbocycles. The van der Waals surface area contributed by atoms with E-state index in [9.17, 15) is 0 Å². The van der Waals surface area contributed by atoms with E-state index in [1.165, 1.54) is 11.1 Å². The Hall–Kier alpha value is -1.36. The zero-order chi connectivity index (χ0) is 14.5. The molecule has 0 saturated carbocycles. The maximum atomic E-state index is 5.74. The van der Waals surface area contributed by atoms with Crippen molar-refractivity contribution in [2.45, 2.75) is 19.4 Å². The highest BCUT2D eigenvalue weighted by Crippen LogP contribution is 2.27. The van der Waals surface area contributed by atoms with Crippen LogP contribution in [0.15, 0.2) is 46.9 Å². The Morgan fingerprint density at radius 3 is 2.75 bits per heavy atom. The van der Waals surface area contributed by atoms with Gasteiger partial charge in [0.05, 0.1) is 13.2 Å². The number of nitrogens with one attached hydrogen (secondary N) is 1. The van der Waals surface area contributed by atoms with Crippen LogP contribution in [0.5, 0.6) is 5.75 Å². The molecule has 0 fully saturated rings. The van der Waals surface area contributed by atoms with Crippen molar-refractivity contribution in [3.05, 3.63) is 63.6 Å². The van der Waals surface area contributed by atoms with Crippen LogP contribution in [-0.2, 0) is 6.42 Å². The number of methoxy groups -OCH3 is 1. The first kappa shape index (κ1) is 15.0. The summed E-state index contributed by atoms with van der Waals surface area (Å²) in [6.07, 6.45) is 0.801. The third kappa shape index (κ3) is 3.60. The van der Waals surface area contributed by atoms with Crippen molar-refractivity contribution in [2.75, 3.05) is 7.11 Å². The molecule has 0 aliphatic heterocycles. The molecule has 2 aromatic rings. The van der Waals surface area contributed by atoms with E-state index in [0.29, 0.717) is 0 Å². The summed E-state index contributed by atoms with van der Waals surface area (Å²) < 4.78 is 6.32. The number of aryl methyl sites for hydroxylation is 1. The van der Waals surface area contributed by atoms with Crippen LogP contribution in [0.25, 0.3) is 0 Å². The quantitative estimate of drug-likeness (QED) is 0.649. The van der Waals surface area contributed by atoms with Crippen molar-refractivity contribution in [3.63, 3.8) is 0 Å². The van der Waals surface area contributed by atoms with Gasteiger partial charge in [-0.15, -0.1) is 0 Å². The highest BCUT2D eigenvalue weighted by Gasteiger charge is 2.14. The fourth-order valence-electron chi connectivity index (χ4n) is 2.22. The monoisotopic (exact) mass is 334 g/mol. The van der Waals surface area contributed by atoms with Crippen molar-refractivity contribution >= 4 is 15.9 Å². The molecule has 1 unspecified atom stereocenters. The van der Waals surface area contributed by atoms with E-state index in [0.717, 1.165) is 22.2 Å². The van der Waals surface area contributed by atoms with E-state index < -0.39 is 0 Å². The van der Waals surface area contributed by atoms with E-state index in [2.05, 4.69) is 52.5 Å². The lowest BCUT2D eigenvalue weighted by atomic mass is 9.98. The molecule has 106 valence electrons. The first-order valence-electron chi connectivity index (χ1n) is 6.49. The van der Waals surface area contributed by atoms with Gasteiger partial charge in [0, 0.05) is 4.47 Å². The minimum Gasteiger partial charge on any atom is -0.497 e. The van der Waals surface area contributed by atoms with Gasteiger partial charge in [-0.3, -0.25) is 11.3 Å². The highest BCUT2D eigenvalue weighted by molar-refractivity contribution is 9.10. The molecule has 0 spiro atoms. The molecular formula is C16H19BrN2O. The van der Waals surface area contributed by atoms with Crippen molar-refractivity contribution in [2.24, 2.45) is 5.84 Å². The molecular weight excluding hydrogens is 316 g/mol. The van der Waals surface area contributed by atoms with Crippen LogP contribution in [0.4, 0.5) is 0 Å². The summed E-state index contributed by atoms with van der Waals surface area (Å²) in [5.74, 6) is 6.60. The van der Waals surface area contributed by atoms with Crippen LogP contribution in [0.1, 0.15) is 22.7 Å². The van der Waals surface area contributed by atoms with E-state index in [4.69, 9.17) is 10.6 Å². The maximum absolute atomic E-state index is 5.74. The van der Waals surface area contributed by atoms with Crippen LogP contribution >= 0.6 is 15.9 Å². The molecule has 0 bridgehead atoms. The summed E-state index contributed by atoms with van der Waals surface area (Å²) in [5.41, 5.74) is 6.46. The highest BCUT2D eigenvalue weighted by atomic mass is 79.9. The first-order valence-corrected chi connectivity index (χ1v) is 7.28. The number of benzene rings is 2. The van der Waals surface area contributed by atoms with Crippen LogP contribution in [0.2, 0.25) is 0 Å². The summed E-state index contributed by atoms with van der Waals surface area (Å²) >= 11 is 3.59. The van der Waals surface area contributed by atoms with Gasteiger partial charge in [0.2, 0.25) is 0 Å². The molecule has 0 heterocycles. The molecule has 0 saturated heterocycles.